The first-order valence-corrected chi connectivity index (χ1v) is 6.82. The Balaban J connectivity index is 2.36. The Morgan fingerprint density at radius 1 is 1.50 bits per heavy atom. The van der Waals surface area contributed by atoms with E-state index in [1.807, 2.05) is 11.7 Å². The minimum atomic E-state index is 0.299. The number of nitrogens with zero attached hydrogens (tertiary/aromatic N) is 1. The molecular formula is C12H22N2OS. The van der Waals surface area contributed by atoms with E-state index in [9.17, 15) is 0 Å². The summed E-state index contributed by atoms with van der Waals surface area (Å²) in [6.07, 6.45) is 4.41. The molecule has 3 nitrogen and oxygen atoms in total. The van der Waals surface area contributed by atoms with Crippen molar-refractivity contribution in [2.75, 3.05) is 13.2 Å². The van der Waals surface area contributed by atoms with Crippen LogP contribution in [0.4, 0.5) is 0 Å². The monoisotopic (exact) mass is 242 g/mol. The SMILES string of the molecule is CCCNC(COC(C)C)Cc1cncs1. The van der Waals surface area contributed by atoms with Gasteiger partial charge in [0.2, 0.25) is 0 Å². The number of thiazole rings is 1. The largest absolute Gasteiger partial charge is 0.377 e. The molecule has 1 rings (SSSR count). The third-order valence-electron chi connectivity index (χ3n) is 2.24. The van der Waals surface area contributed by atoms with Crippen LogP contribution in [0.2, 0.25) is 0 Å². The van der Waals surface area contributed by atoms with Crippen LogP contribution in [0.15, 0.2) is 11.7 Å². The number of ether oxygens (including phenoxy) is 1. The lowest BCUT2D eigenvalue weighted by atomic mass is 10.2. The van der Waals surface area contributed by atoms with Gasteiger partial charge in [0, 0.05) is 23.5 Å². The smallest absolute Gasteiger partial charge is 0.0794 e. The molecular weight excluding hydrogens is 220 g/mol. The highest BCUT2D eigenvalue weighted by Gasteiger charge is 2.10. The third kappa shape index (κ3) is 5.58. The predicted molar refractivity (Wildman–Crippen MR) is 69.0 cm³/mol. The maximum atomic E-state index is 5.67. The van der Waals surface area contributed by atoms with Gasteiger partial charge in [-0.1, -0.05) is 6.92 Å². The van der Waals surface area contributed by atoms with Gasteiger partial charge in [0.25, 0.3) is 0 Å². The Hall–Kier alpha value is -0.450. The normalized spacial score (nSPS) is 13.2. The molecule has 1 aromatic rings. The van der Waals surface area contributed by atoms with Gasteiger partial charge in [-0.2, -0.15) is 0 Å². The van der Waals surface area contributed by atoms with Gasteiger partial charge in [0.15, 0.2) is 0 Å². The summed E-state index contributed by atoms with van der Waals surface area (Å²) in [7, 11) is 0. The van der Waals surface area contributed by atoms with Crippen LogP contribution in [0.25, 0.3) is 0 Å². The van der Waals surface area contributed by atoms with E-state index in [1.165, 1.54) is 4.88 Å². The number of hydrogen-bond acceptors (Lipinski definition) is 4. The molecule has 0 aromatic carbocycles. The third-order valence-corrected chi connectivity index (χ3v) is 3.05. The van der Waals surface area contributed by atoms with Crippen molar-refractivity contribution >= 4 is 11.3 Å². The van der Waals surface area contributed by atoms with Gasteiger partial charge < -0.3 is 10.1 Å². The minimum absolute atomic E-state index is 0.299. The second-order valence-electron chi connectivity index (χ2n) is 4.21. The first-order chi connectivity index (χ1) is 7.72. The van der Waals surface area contributed by atoms with Crippen molar-refractivity contribution in [3.63, 3.8) is 0 Å². The average Bonchev–Trinajstić information content (AvgIpc) is 2.74. The zero-order valence-electron chi connectivity index (χ0n) is 10.4. The van der Waals surface area contributed by atoms with Crippen LogP contribution in [0.3, 0.4) is 0 Å². The maximum absolute atomic E-state index is 5.67. The molecule has 0 bridgehead atoms. The number of hydrogen-bond donors (Lipinski definition) is 1. The quantitative estimate of drug-likeness (QED) is 0.760. The predicted octanol–water partition coefficient (Wildman–Crippen LogP) is 2.48. The minimum Gasteiger partial charge on any atom is -0.377 e. The fourth-order valence-corrected chi connectivity index (χ4v) is 2.11. The molecule has 0 radical (unpaired) electrons. The Morgan fingerprint density at radius 2 is 2.31 bits per heavy atom. The molecule has 4 heteroatoms. The number of aromatic nitrogens is 1. The van der Waals surface area contributed by atoms with E-state index in [-0.39, 0.29) is 0 Å². The second-order valence-corrected chi connectivity index (χ2v) is 5.18. The van der Waals surface area contributed by atoms with Crippen LogP contribution >= 0.6 is 11.3 Å². The average molecular weight is 242 g/mol. The molecule has 0 fully saturated rings. The molecule has 16 heavy (non-hydrogen) atoms. The van der Waals surface area contributed by atoms with E-state index in [1.54, 1.807) is 11.3 Å². The van der Waals surface area contributed by atoms with Crippen molar-refractivity contribution in [1.29, 1.82) is 0 Å². The molecule has 0 aliphatic carbocycles. The highest BCUT2D eigenvalue weighted by atomic mass is 32.1. The molecule has 0 amide bonds. The van der Waals surface area contributed by atoms with E-state index >= 15 is 0 Å². The van der Waals surface area contributed by atoms with Gasteiger partial charge in [-0.3, -0.25) is 4.98 Å². The van der Waals surface area contributed by atoms with Crippen molar-refractivity contribution in [3.05, 3.63) is 16.6 Å². The summed E-state index contributed by atoms with van der Waals surface area (Å²) in [6, 6.07) is 0.405. The lowest BCUT2D eigenvalue weighted by molar-refractivity contribution is 0.0614. The van der Waals surface area contributed by atoms with Crippen molar-refractivity contribution in [3.8, 4) is 0 Å². The molecule has 1 atom stereocenters. The van der Waals surface area contributed by atoms with Crippen LogP contribution in [0, 0.1) is 0 Å². The van der Waals surface area contributed by atoms with Crippen molar-refractivity contribution in [1.82, 2.24) is 10.3 Å². The molecule has 0 spiro atoms. The van der Waals surface area contributed by atoms with E-state index in [4.69, 9.17) is 4.74 Å². The highest BCUT2D eigenvalue weighted by molar-refractivity contribution is 7.09. The van der Waals surface area contributed by atoms with Crippen LogP contribution < -0.4 is 5.32 Å². The standard InChI is InChI=1S/C12H22N2OS/c1-4-5-14-11(8-15-10(2)3)6-12-7-13-9-16-12/h7,9-11,14H,4-6,8H2,1-3H3. The summed E-state index contributed by atoms with van der Waals surface area (Å²) in [4.78, 5) is 5.42. The lowest BCUT2D eigenvalue weighted by Gasteiger charge is -2.19. The molecule has 92 valence electrons. The fraction of sp³-hybridized carbons (Fsp3) is 0.750. The summed E-state index contributed by atoms with van der Waals surface area (Å²) in [5.41, 5.74) is 1.88. The number of rotatable bonds is 8. The molecule has 1 aromatic heterocycles. The van der Waals surface area contributed by atoms with Crippen molar-refractivity contribution < 1.29 is 4.74 Å². The zero-order chi connectivity index (χ0) is 11.8. The van der Waals surface area contributed by atoms with Gasteiger partial charge in [0.1, 0.15) is 0 Å². The van der Waals surface area contributed by atoms with Crippen molar-refractivity contribution in [2.24, 2.45) is 0 Å². The summed E-state index contributed by atoms with van der Waals surface area (Å²) in [6.45, 7) is 8.15. The van der Waals surface area contributed by atoms with Gasteiger partial charge in [-0.25, -0.2) is 0 Å². The summed E-state index contributed by atoms with van der Waals surface area (Å²) in [5.74, 6) is 0. The van der Waals surface area contributed by atoms with E-state index in [2.05, 4.69) is 31.1 Å². The summed E-state index contributed by atoms with van der Waals surface area (Å²) < 4.78 is 5.67. The number of nitrogens with one attached hydrogen (secondary N) is 1. The first-order valence-electron chi connectivity index (χ1n) is 5.94. The van der Waals surface area contributed by atoms with Gasteiger partial charge in [0.05, 0.1) is 18.2 Å². The molecule has 0 saturated heterocycles. The molecule has 0 saturated carbocycles. The van der Waals surface area contributed by atoms with Crippen LogP contribution in [-0.4, -0.2) is 30.3 Å². The topological polar surface area (TPSA) is 34.1 Å². The maximum Gasteiger partial charge on any atom is 0.0794 e. The molecule has 0 aliphatic rings. The van der Waals surface area contributed by atoms with E-state index in [0.717, 1.165) is 26.0 Å². The molecule has 1 unspecified atom stereocenters. The van der Waals surface area contributed by atoms with Crippen LogP contribution in [0.5, 0.6) is 0 Å². The fourth-order valence-electron chi connectivity index (χ4n) is 1.43. The Labute approximate surface area is 102 Å². The summed E-state index contributed by atoms with van der Waals surface area (Å²) >= 11 is 1.71. The van der Waals surface area contributed by atoms with E-state index in [0.29, 0.717) is 12.1 Å². The summed E-state index contributed by atoms with van der Waals surface area (Å²) in [5, 5.41) is 3.52. The van der Waals surface area contributed by atoms with Crippen molar-refractivity contribution in [2.45, 2.75) is 45.8 Å². The van der Waals surface area contributed by atoms with Gasteiger partial charge >= 0.3 is 0 Å². The first kappa shape index (κ1) is 13.6. The molecule has 1 heterocycles. The lowest BCUT2D eigenvalue weighted by Crippen LogP contribution is -2.36. The Bertz CT molecular complexity index is 262. The van der Waals surface area contributed by atoms with Gasteiger partial charge in [-0.05, 0) is 26.8 Å². The highest BCUT2D eigenvalue weighted by Crippen LogP contribution is 2.09. The van der Waals surface area contributed by atoms with Crippen LogP contribution in [-0.2, 0) is 11.2 Å². The Morgan fingerprint density at radius 3 is 2.88 bits per heavy atom. The van der Waals surface area contributed by atoms with E-state index < -0.39 is 0 Å². The molecule has 1 N–H and O–H groups in total. The van der Waals surface area contributed by atoms with Gasteiger partial charge in [-0.15, -0.1) is 11.3 Å². The Kier molecular flexibility index (Phi) is 6.61. The molecule has 0 aliphatic heterocycles. The zero-order valence-corrected chi connectivity index (χ0v) is 11.2. The van der Waals surface area contributed by atoms with Crippen LogP contribution in [0.1, 0.15) is 32.1 Å². The second kappa shape index (κ2) is 7.76.